The van der Waals surface area contributed by atoms with Crippen molar-refractivity contribution in [2.24, 2.45) is 0 Å². The first-order valence-electron chi connectivity index (χ1n) is 6.49. The van der Waals surface area contributed by atoms with Crippen LogP contribution in [0.4, 0.5) is 0 Å². The third-order valence-electron chi connectivity index (χ3n) is 3.22. The first-order chi connectivity index (χ1) is 11.0. The topological polar surface area (TPSA) is 139 Å². The number of carbonyl (C=O) groups excluding carboxylic acids is 2. The molecule has 6 N–H and O–H groups in total. The Morgan fingerprint density at radius 3 is 1.52 bits per heavy atom. The Morgan fingerprint density at radius 2 is 1.17 bits per heavy atom. The summed E-state index contributed by atoms with van der Waals surface area (Å²) in [5.41, 5.74) is 3.93. The molecule has 0 aliphatic heterocycles. The van der Waals surface area contributed by atoms with Crippen LogP contribution in [0.15, 0.2) is 36.4 Å². The lowest BCUT2D eigenvalue weighted by atomic mass is 10.00. The zero-order valence-electron chi connectivity index (χ0n) is 11.8. The fourth-order valence-electron chi connectivity index (χ4n) is 2.11. The zero-order chi connectivity index (χ0) is 17.0. The molecule has 0 bridgehead atoms. The van der Waals surface area contributed by atoms with Crippen LogP contribution in [0.1, 0.15) is 31.8 Å². The number of phenols is 2. The van der Waals surface area contributed by atoms with E-state index < -0.39 is 11.8 Å². The molecule has 0 saturated carbocycles. The van der Waals surface area contributed by atoms with Gasteiger partial charge in [-0.05, 0) is 41.8 Å². The van der Waals surface area contributed by atoms with Crippen molar-refractivity contribution >= 4 is 11.8 Å². The van der Waals surface area contributed by atoms with Crippen molar-refractivity contribution in [3.8, 4) is 11.5 Å². The van der Waals surface area contributed by atoms with Crippen LogP contribution in [0.25, 0.3) is 0 Å². The molecule has 0 saturated heterocycles. The monoisotopic (exact) mass is 318 g/mol. The normalized spacial score (nSPS) is 10.2. The maximum absolute atomic E-state index is 11.4. The summed E-state index contributed by atoms with van der Waals surface area (Å²) in [7, 11) is 0. The second-order valence-electron chi connectivity index (χ2n) is 4.76. The number of aromatic hydroxyl groups is 2. The predicted octanol–water partition coefficient (Wildman–Crippen LogP) is 0.927. The number of benzene rings is 2. The minimum Gasteiger partial charge on any atom is -0.507 e. The van der Waals surface area contributed by atoms with Gasteiger partial charge in [0.15, 0.2) is 0 Å². The van der Waals surface area contributed by atoms with Gasteiger partial charge in [0, 0.05) is 0 Å². The molecule has 0 spiro atoms. The molecule has 0 radical (unpaired) electrons. The van der Waals surface area contributed by atoms with E-state index >= 15 is 0 Å². The fraction of sp³-hybridized carbons (Fsp3) is 0.0667. The highest BCUT2D eigenvalue weighted by atomic mass is 16.5. The molecule has 8 heteroatoms. The molecule has 0 heterocycles. The van der Waals surface area contributed by atoms with Crippen molar-refractivity contribution in [2.45, 2.75) is 6.42 Å². The zero-order valence-corrected chi connectivity index (χ0v) is 11.8. The lowest BCUT2D eigenvalue weighted by Gasteiger charge is -2.09. The Balaban J connectivity index is 2.33. The Kier molecular flexibility index (Phi) is 4.79. The maximum atomic E-state index is 11.4. The summed E-state index contributed by atoms with van der Waals surface area (Å²) < 4.78 is 0. The Labute approximate surface area is 130 Å². The maximum Gasteiger partial charge on any atom is 0.278 e. The lowest BCUT2D eigenvalue weighted by molar-refractivity contribution is 0.0699. The lowest BCUT2D eigenvalue weighted by Crippen LogP contribution is -2.19. The first kappa shape index (κ1) is 16.3. The molecule has 2 aromatic rings. The Bertz CT molecular complexity index is 696. The van der Waals surface area contributed by atoms with E-state index in [-0.39, 0.29) is 29.0 Å². The second-order valence-corrected chi connectivity index (χ2v) is 4.76. The van der Waals surface area contributed by atoms with Crippen LogP contribution in [0.3, 0.4) is 0 Å². The predicted molar refractivity (Wildman–Crippen MR) is 77.5 cm³/mol. The number of carbonyl (C=O) groups is 2. The minimum absolute atomic E-state index is 0.0999. The van der Waals surface area contributed by atoms with E-state index in [4.69, 9.17) is 10.4 Å². The van der Waals surface area contributed by atoms with E-state index in [1.54, 1.807) is 12.1 Å². The van der Waals surface area contributed by atoms with Crippen molar-refractivity contribution < 1.29 is 30.2 Å². The Hall–Kier alpha value is -3.10. The highest BCUT2D eigenvalue weighted by molar-refractivity contribution is 5.96. The van der Waals surface area contributed by atoms with Crippen molar-refractivity contribution in [1.29, 1.82) is 0 Å². The molecule has 2 amide bonds. The third-order valence-corrected chi connectivity index (χ3v) is 3.22. The average molecular weight is 318 g/mol. The van der Waals surface area contributed by atoms with Gasteiger partial charge in [-0.15, -0.1) is 0 Å². The molecule has 120 valence electrons. The summed E-state index contributed by atoms with van der Waals surface area (Å²) in [5.74, 6) is -2.27. The molecular weight excluding hydrogens is 304 g/mol. The molecule has 0 aliphatic rings. The summed E-state index contributed by atoms with van der Waals surface area (Å²) in [6.07, 6.45) is 0.290. The smallest absolute Gasteiger partial charge is 0.278 e. The molecule has 0 unspecified atom stereocenters. The van der Waals surface area contributed by atoms with Crippen molar-refractivity contribution in [3.05, 3.63) is 58.7 Å². The van der Waals surface area contributed by atoms with Crippen LogP contribution in [-0.2, 0) is 6.42 Å². The van der Waals surface area contributed by atoms with E-state index in [0.717, 1.165) is 0 Å². The third kappa shape index (κ3) is 3.57. The number of hydroxylamine groups is 2. The van der Waals surface area contributed by atoms with Gasteiger partial charge >= 0.3 is 0 Å². The highest BCUT2D eigenvalue weighted by Crippen LogP contribution is 2.23. The molecule has 0 aliphatic carbocycles. The van der Waals surface area contributed by atoms with E-state index in [9.17, 15) is 19.8 Å². The van der Waals surface area contributed by atoms with Crippen molar-refractivity contribution in [3.63, 3.8) is 0 Å². The van der Waals surface area contributed by atoms with Gasteiger partial charge in [-0.25, -0.2) is 11.0 Å². The highest BCUT2D eigenvalue weighted by Gasteiger charge is 2.13. The van der Waals surface area contributed by atoms with Gasteiger partial charge in [0.05, 0.1) is 11.1 Å². The van der Waals surface area contributed by atoms with E-state index in [0.29, 0.717) is 11.1 Å². The molecule has 2 rings (SSSR count). The van der Waals surface area contributed by atoms with Crippen LogP contribution < -0.4 is 11.0 Å². The van der Waals surface area contributed by atoms with E-state index in [1.165, 1.54) is 35.2 Å². The molecule has 2 aromatic carbocycles. The summed E-state index contributed by atoms with van der Waals surface area (Å²) in [6, 6.07) is 8.53. The van der Waals surface area contributed by atoms with Crippen molar-refractivity contribution in [1.82, 2.24) is 11.0 Å². The molecule has 8 nitrogen and oxygen atoms in total. The van der Waals surface area contributed by atoms with E-state index in [1.807, 2.05) is 0 Å². The summed E-state index contributed by atoms with van der Waals surface area (Å²) in [4.78, 5) is 22.9. The standard InChI is InChI=1S/C15H14N2O6/c18-12-3-1-8(6-10(12)14(20)16-22)5-9-2-4-13(19)11(7-9)15(21)17-23/h1-4,6-7,18-19,22-23H,5H2,(H,16,20)(H,17,21). The van der Waals surface area contributed by atoms with Gasteiger partial charge in [0.1, 0.15) is 11.5 Å². The van der Waals surface area contributed by atoms with Crippen LogP contribution in [0, 0.1) is 0 Å². The quantitative estimate of drug-likeness (QED) is 0.366. The SMILES string of the molecule is O=C(NO)c1cc(Cc2ccc(O)c(C(=O)NO)c2)ccc1O. The molecule has 23 heavy (non-hydrogen) atoms. The molecule has 0 aromatic heterocycles. The van der Waals surface area contributed by atoms with Gasteiger partial charge in [-0.2, -0.15) is 0 Å². The van der Waals surface area contributed by atoms with Gasteiger partial charge in [0.2, 0.25) is 0 Å². The number of nitrogens with one attached hydrogen (secondary N) is 2. The van der Waals surface area contributed by atoms with Crippen molar-refractivity contribution in [2.75, 3.05) is 0 Å². The molecule has 0 atom stereocenters. The molecular formula is C15H14N2O6. The fourth-order valence-corrected chi connectivity index (χ4v) is 2.11. The minimum atomic E-state index is -0.851. The van der Waals surface area contributed by atoms with Gasteiger partial charge < -0.3 is 10.2 Å². The average Bonchev–Trinajstić information content (AvgIpc) is 2.56. The largest absolute Gasteiger partial charge is 0.507 e. The Morgan fingerprint density at radius 1 is 0.783 bits per heavy atom. The van der Waals surface area contributed by atoms with Gasteiger partial charge in [-0.3, -0.25) is 20.0 Å². The number of amides is 2. The number of hydrogen-bond donors (Lipinski definition) is 6. The number of hydrogen-bond acceptors (Lipinski definition) is 6. The first-order valence-corrected chi connectivity index (χ1v) is 6.49. The number of rotatable bonds is 4. The van der Waals surface area contributed by atoms with Crippen LogP contribution in [0.5, 0.6) is 11.5 Å². The molecule has 0 fully saturated rings. The van der Waals surface area contributed by atoms with Gasteiger partial charge in [-0.1, -0.05) is 12.1 Å². The summed E-state index contributed by atoms with van der Waals surface area (Å²) in [5, 5.41) is 36.5. The van der Waals surface area contributed by atoms with Crippen LogP contribution in [0.2, 0.25) is 0 Å². The summed E-state index contributed by atoms with van der Waals surface area (Å²) >= 11 is 0. The number of phenolic OH excluding ortho intramolecular Hbond substituents is 2. The summed E-state index contributed by atoms with van der Waals surface area (Å²) in [6.45, 7) is 0. The van der Waals surface area contributed by atoms with Crippen LogP contribution in [-0.4, -0.2) is 32.4 Å². The van der Waals surface area contributed by atoms with Gasteiger partial charge in [0.25, 0.3) is 11.8 Å². The van der Waals surface area contributed by atoms with E-state index in [2.05, 4.69) is 0 Å². The second kappa shape index (κ2) is 6.77. The van der Waals surface area contributed by atoms with Crippen LogP contribution >= 0.6 is 0 Å².